The Morgan fingerprint density at radius 1 is 1.23 bits per heavy atom. The molecule has 2 aliphatic rings. The second kappa shape index (κ2) is 10.2. The number of aliphatic imine (C=N–C) groups is 1. The number of nitrogens with zero attached hydrogens (tertiary/aromatic N) is 1. The lowest BCUT2D eigenvalue weighted by atomic mass is 9.87. The molecule has 1 aliphatic carbocycles. The first-order valence-corrected chi connectivity index (χ1v) is 9.50. The molecule has 4 nitrogen and oxygen atoms in total. The molecule has 1 saturated carbocycles. The first-order chi connectivity index (χ1) is 10.2. The summed E-state index contributed by atoms with van der Waals surface area (Å²) in [6.07, 6.45) is 9.66. The zero-order chi connectivity index (χ0) is 15.1. The molecule has 0 aromatic heterocycles. The van der Waals surface area contributed by atoms with Crippen molar-refractivity contribution in [3.8, 4) is 0 Å². The molecule has 22 heavy (non-hydrogen) atoms. The lowest BCUT2D eigenvalue weighted by Gasteiger charge is -2.36. The molecule has 6 heteroatoms. The summed E-state index contributed by atoms with van der Waals surface area (Å²) in [4.78, 5) is 4.40. The van der Waals surface area contributed by atoms with Gasteiger partial charge in [0.25, 0.3) is 0 Å². The Bertz CT molecular complexity index is 340. The number of nitrogens with one attached hydrogen (secondary N) is 2. The van der Waals surface area contributed by atoms with Crippen LogP contribution in [0.4, 0.5) is 0 Å². The summed E-state index contributed by atoms with van der Waals surface area (Å²) in [5.41, 5.74) is 0. The minimum Gasteiger partial charge on any atom is -0.381 e. The number of hydrogen-bond acceptors (Lipinski definition) is 3. The van der Waals surface area contributed by atoms with Crippen molar-refractivity contribution in [2.45, 2.75) is 56.2 Å². The number of thioether (sulfide) groups is 1. The Hall–Kier alpha value is 0.310. The maximum atomic E-state index is 5.50. The van der Waals surface area contributed by atoms with Crippen molar-refractivity contribution in [1.29, 1.82) is 0 Å². The molecule has 0 atom stereocenters. The second-order valence-electron chi connectivity index (χ2n) is 6.53. The molecule has 130 valence electrons. The molecule has 1 heterocycles. The standard InChI is InChI=1S/C16H31N3OS.HI/c1-13-4-6-14(7-5-13)19-15(17-2)18-12-16(21-3)8-10-20-11-9-16;/h13-14H,4-12H2,1-3H3,(H2,17,18,19);1H. The quantitative estimate of drug-likeness (QED) is 0.400. The van der Waals surface area contributed by atoms with Crippen molar-refractivity contribution < 1.29 is 4.74 Å². The van der Waals surface area contributed by atoms with Crippen molar-refractivity contribution in [3.63, 3.8) is 0 Å². The molecule has 1 aliphatic heterocycles. The van der Waals surface area contributed by atoms with Crippen LogP contribution in [0.5, 0.6) is 0 Å². The van der Waals surface area contributed by atoms with Gasteiger partial charge in [0.05, 0.1) is 0 Å². The van der Waals surface area contributed by atoms with Crippen molar-refractivity contribution >= 4 is 41.7 Å². The van der Waals surface area contributed by atoms with Gasteiger partial charge in [-0.25, -0.2) is 0 Å². The summed E-state index contributed by atoms with van der Waals surface area (Å²) in [6.45, 7) is 5.10. The number of ether oxygens (including phenoxy) is 1. The van der Waals surface area contributed by atoms with E-state index in [2.05, 4.69) is 28.8 Å². The van der Waals surface area contributed by atoms with Crippen LogP contribution in [0.25, 0.3) is 0 Å². The van der Waals surface area contributed by atoms with Crippen LogP contribution in [0.15, 0.2) is 4.99 Å². The van der Waals surface area contributed by atoms with E-state index in [0.717, 1.165) is 44.5 Å². The third kappa shape index (κ3) is 6.07. The molecule has 0 amide bonds. The fraction of sp³-hybridized carbons (Fsp3) is 0.938. The van der Waals surface area contributed by atoms with Gasteiger partial charge in [-0.2, -0.15) is 11.8 Å². The fourth-order valence-corrected chi connectivity index (χ4v) is 4.03. The summed E-state index contributed by atoms with van der Waals surface area (Å²) in [6, 6.07) is 0.590. The average Bonchev–Trinajstić information content (AvgIpc) is 2.54. The zero-order valence-corrected chi connectivity index (χ0v) is 17.3. The average molecular weight is 441 g/mol. The van der Waals surface area contributed by atoms with Crippen molar-refractivity contribution in [2.24, 2.45) is 10.9 Å². The highest BCUT2D eigenvalue weighted by molar-refractivity contribution is 14.0. The maximum absolute atomic E-state index is 5.50. The predicted molar refractivity (Wildman–Crippen MR) is 108 cm³/mol. The van der Waals surface area contributed by atoms with Crippen LogP contribution in [0.1, 0.15) is 45.4 Å². The highest BCUT2D eigenvalue weighted by Crippen LogP contribution is 2.33. The van der Waals surface area contributed by atoms with Crippen molar-refractivity contribution in [1.82, 2.24) is 10.6 Å². The summed E-state index contributed by atoms with van der Waals surface area (Å²) in [5, 5.41) is 7.16. The Morgan fingerprint density at radius 3 is 2.41 bits per heavy atom. The van der Waals surface area contributed by atoms with Crippen molar-refractivity contribution in [2.75, 3.05) is 33.1 Å². The van der Waals surface area contributed by atoms with Gasteiger partial charge >= 0.3 is 0 Å². The molecule has 0 unspecified atom stereocenters. The monoisotopic (exact) mass is 441 g/mol. The predicted octanol–water partition coefficient (Wildman–Crippen LogP) is 3.26. The van der Waals surface area contributed by atoms with E-state index in [1.807, 2.05) is 18.8 Å². The number of halogens is 1. The molecule has 0 aromatic rings. The van der Waals surface area contributed by atoms with Crippen molar-refractivity contribution in [3.05, 3.63) is 0 Å². The van der Waals surface area contributed by atoms with E-state index in [1.165, 1.54) is 25.7 Å². The third-order valence-electron chi connectivity index (χ3n) is 5.00. The lowest BCUT2D eigenvalue weighted by molar-refractivity contribution is 0.0782. The Morgan fingerprint density at radius 2 is 1.86 bits per heavy atom. The first-order valence-electron chi connectivity index (χ1n) is 8.27. The minimum absolute atomic E-state index is 0. The molecule has 1 saturated heterocycles. The third-order valence-corrected chi connectivity index (χ3v) is 6.41. The van der Waals surface area contributed by atoms with Crippen LogP contribution in [-0.4, -0.2) is 49.8 Å². The molecule has 0 spiro atoms. The van der Waals surface area contributed by atoms with Gasteiger partial charge in [-0.3, -0.25) is 4.99 Å². The van der Waals surface area contributed by atoms with E-state index >= 15 is 0 Å². The van der Waals surface area contributed by atoms with Crippen LogP contribution in [0, 0.1) is 5.92 Å². The van der Waals surface area contributed by atoms with Gasteiger partial charge in [-0.1, -0.05) is 6.92 Å². The van der Waals surface area contributed by atoms with Crippen LogP contribution >= 0.6 is 35.7 Å². The molecular formula is C16H32IN3OS. The van der Waals surface area contributed by atoms with E-state index in [1.54, 1.807) is 0 Å². The van der Waals surface area contributed by atoms with E-state index < -0.39 is 0 Å². The maximum Gasteiger partial charge on any atom is 0.191 e. The molecular weight excluding hydrogens is 409 g/mol. The van der Waals surface area contributed by atoms with Gasteiger partial charge in [0.1, 0.15) is 0 Å². The molecule has 0 aromatic carbocycles. The second-order valence-corrected chi connectivity index (χ2v) is 7.80. The summed E-state index contributed by atoms with van der Waals surface area (Å²) >= 11 is 1.97. The molecule has 2 rings (SSSR count). The van der Waals surface area contributed by atoms with Gasteiger partial charge in [0.2, 0.25) is 0 Å². The molecule has 0 bridgehead atoms. The van der Waals surface area contributed by atoms with E-state index in [4.69, 9.17) is 4.74 Å². The van der Waals surface area contributed by atoms with Crippen LogP contribution in [0.3, 0.4) is 0 Å². The smallest absolute Gasteiger partial charge is 0.191 e. The normalized spacial score (nSPS) is 28.6. The van der Waals surface area contributed by atoms with Gasteiger partial charge in [-0.05, 0) is 50.7 Å². The Balaban J connectivity index is 0.00000242. The van der Waals surface area contributed by atoms with Gasteiger partial charge < -0.3 is 15.4 Å². The van der Waals surface area contributed by atoms with Crippen LogP contribution in [0.2, 0.25) is 0 Å². The minimum atomic E-state index is 0. The summed E-state index contributed by atoms with van der Waals surface area (Å²) in [5.74, 6) is 1.86. The topological polar surface area (TPSA) is 45.7 Å². The molecule has 0 radical (unpaired) electrons. The summed E-state index contributed by atoms with van der Waals surface area (Å²) in [7, 11) is 1.87. The highest BCUT2D eigenvalue weighted by Gasteiger charge is 2.32. The zero-order valence-electron chi connectivity index (χ0n) is 14.2. The van der Waals surface area contributed by atoms with Gasteiger partial charge in [0, 0.05) is 37.6 Å². The summed E-state index contributed by atoms with van der Waals surface area (Å²) < 4.78 is 5.81. The highest BCUT2D eigenvalue weighted by atomic mass is 127. The van der Waals surface area contributed by atoms with E-state index in [0.29, 0.717) is 10.8 Å². The lowest BCUT2D eigenvalue weighted by Crippen LogP contribution is -2.50. The van der Waals surface area contributed by atoms with E-state index in [9.17, 15) is 0 Å². The Kier molecular flexibility index (Phi) is 9.47. The van der Waals surface area contributed by atoms with Gasteiger partial charge in [0.15, 0.2) is 5.96 Å². The van der Waals surface area contributed by atoms with Gasteiger partial charge in [-0.15, -0.1) is 24.0 Å². The molecule has 2 N–H and O–H groups in total. The molecule has 2 fully saturated rings. The largest absolute Gasteiger partial charge is 0.381 e. The first kappa shape index (κ1) is 20.4. The van der Waals surface area contributed by atoms with Crippen LogP contribution in [-0.2, 0) is 4.74 Å². The number of guanidine groups is 1. The number of hydrogen-bond donors (Lipinski definition) is 2. The SMILES string of the molecule is CN=C(NCC1(SC)CCOCC1)NC1CCC(C)CC1.I. The fourth-order valence-electron chi connectivity index (χ4n) is 3.23. The Labute approximate surface area is 157 Å². The van der Waals surface area contributed by atoms with Crippen LogP contribution < -0.4 is 10.6 Å². The van der Waals surface area contributed by atoms with E-state index in [-0.39, 0.29) is 24.0 Å². The number of rotatable bonds is 4.